The van der Waals surface area contributed by atoms with Crippen LogP contribution in [0.3, 0.4) is 0 Å². The van der Waals surface area contributed by atoms with Crippen molar-refractivity contribution < 1.29 is 5.11 Å². The normalized spacial score (nSPS) is 17.5. The molecule has 0 bridgehead atoms. The summed E-state index contributed by atoms with van der Waals surface area (Å²) in [5.41, 5.74) is 3.21. The SMILES string of the molecule is Cc1cc(NC(C)C2CC2)c(C)cc1O. The van der Waals surface area contributed by atoms with E-state index in [0.717, 1.165) is 22.7 Å². The summed E-state index contributed by atoms with van der Waals surface area (Å²) in [6.45, 7) is 6.20. The number of anilines is 1. The maximum atomic E-state index is 9.55. The number of rotatable bonds is 3. The van der Waals surface area contributed by atoms with Gasteiger partial charge in [0.2, 0.25) is 0 Å². The smallest absolute Gasteiger partial charge is 0.118 e. The molecular weight excluding hydrogens is 186 g/mol. The van der Waals surface area contributed by atoms with Crippen LogP contribution in [0.5, 0.6) is 5.75 Å². The summed E-state index contributed by atoms with van der Waals surface area (Å²) < 4.78 is 0. The molecule has 0 radical (unpaired) electrons. The maximum absolute atomic E-state index is 9.55. The molecule has 0 aromatic heterocycles. The molecule has 1 atom stereocenters. The van der Waals surface area contributed by atoms with Crippen LogP contribution in [0.15, 0.2) is 12.1 Å². The number of phenols is 1. The van der Waals surface area contributed by atoms with Gasteiger partial charge >= 0.3 is 0 Å². The van der Waals surface area contributed by atoms with Gasteiger partial charge in [-0.2, -0.15) is 0 Å². The first-order valence-corrected chi connectivity index (χ1v) is 5.64. The quantitative estimate of drug-likeness (QED) is 0.743. The Balaban J connectivity index is 2.16. The Labute approximate surface area is 91.3 Å². The van der Waals surface area contributed by atoms with E-state index in [0.29, 0.717) is 11.8 Å². The zero-order valence-electron chi connectivity index (χ0n) is 9.67. The monoisotopic (exact) mass is 205 g/mol. The van der Waals surface area contributed by atoms with Gasteiger partial charge < -0.3 is 10.4 Å². The van der Waals surface area contributed by atoms with Crippen molar-refractivity contribution in [1.82, 2.24) is 0 Å². The number of aromatic hydroxyl groups is 1. The third-order valence-electron chi connectivity index (χ3n) is 3.26. The Hall–Kier alpha value is -1.18. The highest BCUT2D eigenvalue weighted by molar-refractivity contribution is 5.57. The molecule has 82 valence electrons. The van der Waals surface area contributed by atoms with Gasteiger partial charge in [-0.25, -0.2) is 0 Å². The van der Waals surface area contributed by atoms with Crippen LogP contribution in [0.2, 0.25) is 0 Å². The van der Waals surface area contributed by atoms with Gasteiger partial charge in [0.25, 0.3) is 0 Å². The van der Waals surface area contributed by atoms with Crippen molar-refractivity contribution >= 4 is 5.69 Å². The Bertz CT molecular complexity index is 369. The molecule has 2 nitrogen and oxygen atoms in total. The van der Waals surface area contributed by atoms with Crippen molar-refractivity contribution in [2.24, 2.45) is 5.92 Å². The second-order valence-corrected chi connectivity index (χ2v) is 4.72. The third kappa shape index (κ3) is 2.25. The lowest BCUT2D eigenvalue weighted by Gasteiger charge is -2.17. The Kier molecular flexibility index (Phi) is 2.59. The lowest BCUT2D eigenvalue weighted by molar-refractivity contribution is 0.470. The molecular formula is C13H19NO. The van der Waals surface area contributed by atoms with Gasteiger partial charge in [0.05, 0.1) is 0 Å². The molecule has 0 saturated heterocycles. The van der Waals surface area contributed by atoms with Gasteiger partial charge in [-0.1, -0.05) is 0 Å². The van der Waals surface area contributed by atoms with Gasteiger partial charge in [0, 0.05) is 11.7 Å². The van der Waals surface area contributed by atoms with E-state index in [1.54, 1.807) is 0 Å². The number of benzene rings is 1. The first kappa shape index (κ1) is 10.3. The largest absolute Gasteiger partial charge is 0.508 e. The Morgan fingerprint density at radius 3 is 2.53 bits per heavy atom. The van der Waals surface area contributed by atoms with Crippen LogP contribution in [-0.2, 0) is 0 Å². The highest BCUT2D eigenvalue weighted by atomic mass is 16.3. The molecule has 2 rings (SSSR count). The van der Waals surface area contributed by atoms with Crippen LogP contribution in [0, 0.1) is 19.8 Å². The summed E-state index contributed by atoms with van der Waals surface area (Å²) in [6.07, 6.45) is 2.70. The minimum atomic E-state index is 0.386. The molecule has 0 heterocycles. The van der Waals surface area contributed by atoms with E-state index in [2.05, 4.69) is 12.2 Å². The molecule has 1 saturated carbocycles. The van der Waals surface area contributed by atoms with Crippen molar-refractivity contribution in [3.05, 3.63) is 23.3 Å². The fourth-order valence-electron chi connectivity index (χ4n) is 1.92. The first-order chi connectivity index (χ1) is 7.08. The molecule has 1 fully saturated rings. The number of nitrogens with one attached hydrogen (secondary N) is 1. The molecule has 15 heavy (non-hydrogen) atoms. The van der Waals surface area contributed by atoms with Gasteiger partial charge in [-0.05, 0) is 62.8 Å². The van der Waals surface area contributed by atoms with Gasteiger partial charge in [0.15, 0.2) is 0 Å². The van der Waals surface area contributed by atoms with Crippen molar-refractivity contribution in [3.8, 4) is 5.75 Å². The standard InChI is InChI=1S/C13H19NO/c1-8-7-13(15)9(2)6-12(8)14-10(3)11-4-5-11/h6-7,10-11,14-15H,4-5H2,1-3H3. The average molecular weight is 205 g/mol. The zero-order chi connectivity index (χ0) is 11.0. The van der Waals surface area contributed by atoms with E-state index in [1.807, 2.05) is 26.0 Å². The Morgan fingerprint density at radius 1 is 1.27 bits per heavy atom. The molecule has 1 aromatic rings. The summed E-state index contributed by atoms with van der Waals surface area (Å²) in [5.74, 6) is 1.23. The topological polar surface area (TPSA) is 32.3 Å². The third-order valence-corrected chi connectivity index (χ3v) is 3.26. The molecule has 2 heteroatoms. The lowest BCUT2D eigenvalue weighted by atomic mass is 10.1. The van der Waals surface area contributed by atoms with E-state index in [1.165, 1.54) is 12.8 Å². The molecule has 0 amide bonds. The van der Waals surface area contributed by atoms with Crippen LogP contribution in [0.1, 0.15) is 30.9 Å². The van der Waals surface area contributed by atoms with E-state index < -0.39 is 0 Å². The molecule has 1 unspecified atom stereocenters. The van der Waals surface area contributed by atoms with Crippen LogP contribution in [-0.4, -0.2) is 11.1 Å². The second kappa shape index (κ2) is 3.76. The van der Waals surface area contributed by atoms with Crippen LogP contribution in [0.25, 0.3) is 0 Å². The van der Waals surface area contributed by atoms with Gasteiger partial charge in [-0.15, -0.1) is 0 Å². The fraction of sp³-hybridized carbons (Fsp3) is 0.538. The number of aryl methyl sites for hydroxylation is 2. The molecule has 1 aliphatic carbocycles. The second-order valence-electron chi connectivity index (χ2n) is 4.72. The summed E-state index contributed by atoms with van der Waals surface area (Å²) >= 11 is 0. The van der Waals surface area contributed by atoms with E-state index >= 15 is 0 Å². The molecule has 0 spiro atoms. The van der Waals surface area contributed by atoms with Crippen molar-refractivity contribution in [1.29, 1.82) is 0 Å². The predicted octanol–water partition coefficient (Wildman–Crippen LogP) is 3.22. The van der Waals surface area contributed by atoms with Crippen LogP contribution < -0.4 is 5.32 Å². The van der Waals surface area contributed by atoms with Crippen LogP contribution in [0.4, 0.5) is 5.69 Å². The maximum Gasteiger partial charge on any atom is 0.118 e. The molecule has 0 aliphatic heterocycles. The fourth-order valence-corrected chi connectivity index (χ4v) is 1.92. The number of hydrogen-bond acceptors (Lipinski definition) is 2. The van der Waals surface area contributed by atoms with E-state index in [9.17, 15) is 5.11 Å². The summed E-state index contributed by atoms with van der Waals surface area (Å²) in [5, 5.41) is 13.1. The molecule has 1 aromatic carbocycles. The Morgan fingerprint density at radius 2 is 1.93 bits per heavy atom. The number of hydrogen-bond donors (Lipinski definition) is 2. The summed E-state index contributed by atoms with van der Waals surface area (Å²) in [4.78, 5) is 0. The van der Waals surface area contributed by atoms with E-state index in [-0.39, 0.29) is 0 Å². The zero-order valence-corrected chi connectivity index (χ0v) is 9.67. The minimum absolute atomic E-state index is 0.386. The van der Waals surface area contributed by atoms with Gasteiger partial charge in [-0.3, -0.25) is 0 Å². The summed E-state index contributed by atoms with van der Waals surface area (Å²) in [6, 6.07) is 4.41. The summed E-state index contributed by atoms with van der Waals surface area (Å²) in [7, 11) is 0. The first-order valence-electron chi connectivity index (χ1n) is 5.64. The van der Waals surface area contributed by atoms with Crippen molar-refractivity contribution in [3.63, 3.8) is 0 Å². The van der Waals surface area contributed by atoms with Crippen molar-refractivity contribution in [2.75, 3.05) is 5.32 Å². The van der Waals surface area contributed by atoms with E-state index in [4.69, 9.17) is 0 Å². The van der Waals surface area contributed by atoms with Gasteiger partial charge in [0.1, 0.15) is 5.75 Å². The minimum Gasteiger partial charge on any atom is -0.508 e. The highest BCUT2D eigenvalue weighted by Gasteiger charge is 2.27. The van der Waals surface area contributed by atoms with Crippen molar-refractivity contribution in [2.45, 2.75) is 39.7 Å². The molecule has 2 N–H and O–H groups in total. The average Bonchev–Trinajstić information content (AvgIpc) is 2.97. The van der Waals surface area contributed by atoms with Crippen LogP contribution >= 0.6 is 0 Å². The predicted molar refractivity (Wildman–Crippen MR) is 63.4 cm³/mol. The molecule has 1 aliphatic rings. The number of phenolic OH excluding ortho intramolecular Hbond substituents is 1. The highest BCUT2D eigenvalue weighted by Crippen LogP contribution is 2.35. The lowest BCUT2D eigenvalue weighted by Crippen LogP contribution is -2.17.